The van der Waals surface area contributed by atoms with Crippen molar-refractivity contribution in [3.05, 3.63) is 0 Å². The van der Waals surface area contributed by atoms with E-state index in [-0.39, 0.29) is 0 Å². The van der Waals surface area contributed by atoms with E-state index in [9.17, 15) is 0 Å². The predicted octanol–water partition coefficient (Wildman–Crippen LogP) is 1.29. The number of epoxide rings is 2. The van der Waals surface area contributed by atoms with Crippen molar-refractivity contribution in [3.8, 4) is 0 Å². The highest BCUT2D eigenvalue weighted by Gasteiger charge is 2.36. The first-order valence-electron chi connectivity index (χ1n) is 4.16. The van der Waals surface area contributed by atoms with Gasteiger partial charge in [-0.15, -0.1) is 0 Å². The Labute approximate surface area is 71.6 Å². The Hall–Kier alpha value is 0.270. The molecule has 0 spiro atoms. The molecule has 64 valence electrons. The van der Waals surface area contributed by atoms with E-state index in [2.05, 4.69) is 13.8 Å². The lowest BCUT2D eigenvalue weighted by molar-refractivity contribution is 0.400. The Morgan fingerprint density at radius 1 is 1.09 bits per heavy atom. The standard InChI is InChI=1S/C8H14O2S/c1-5(7-3-9-7)11-6(2)8-4-10-8/h5-8H,3-4H2,1-2H3. The van der Waals surface area contributed by atoms with Gasteiger partial charge in [-0.25, -0.2) is 0 Å². The molecule has 0 saturated carbocycles. The second-order valence-corrected chi connectivity index (χ2v) is 5.05. The molecular formula is C8H14O2S. The van der Waals surface area contributed by atoms with Crippen LogP contribution >= 0.6 is 11.8 Å². The van der Waals surface area contributed by atoms with Crippen molar-refractivity contribution in [2.24, 2.45) is 0 Å². The topological polar surface area (TPSA) is 25.1 Å². The van der Waals surface area contributed by atoms with Crippen LogP contribution < -0.4 is 0 Å². The summed E-state index contributed by atoms with van der Waals surface area (Å²) in [4.78, 5) is 0. The Bertz CT molecular complexity index is 127. The minimum Gasteiger partial charge on any atom is -0.372 e. The molecule has 3 heteroatoms. The summed E-state index contributed by atoms with van der Waals surface area (Å²) >= 11 is 1.99. The summed E-state index contributed by atoms with van der Waals surface area (Å²) in [5, 5.41) is 1.29. The molecule has 2 fully saturated rings. The smallest absolute Gasteiger partial charge is 0.0925 e. The highest BCUT2D eigenvalue weighted by Crippen LogP contribution is 2.33. The molecule has 0 aromatic heterocycles. The van der Waals surface area contributed by atoms with Gasteiger partial charge in [0.15, 0.2) is 0 Å². The molecule has 2 nitrogen and oxygen atoms in total. The van der Waals surface area contributed by atoms with Gasteiger partial charge in [0.2, 0.25) is 0 Å². The quantitative estimate of drug-likeness (QED) is 0.600. The van der Waals surface area contributed by atoms with E-state index in [1.165, 1.54) is 0 Å². The van der Waals surface area contributed by atoms with Crippen LogP contribution in [0.4, 0.5) is 0 Å². The minimum absolute atomic E-state index is 0.529. The SMILES string of the molecule is CC(SC(C)C1CO1)C1CO1. The van der Waals surface area contributed by atoms with Crippen molar-refractivity contribution in [2.75, 3.05) is 13.2 Å². The Morgan fingerprint density at radius 3 is 1.73 bits per heavy atom. The average molecular weight is 174 g/mol. The van der Waals surface area contributed by atoms with Gasteiger partial charge in [0.05, 0.1) is 25.4 Å². The largest absolute Gasteiger partial charge is 0.372 e. The third-order valence-corrected chi connectivity index (χ3v) is 3.66. The van der Waals surface area contributed by atoms with Crippen molar-refractivity contribution < 1.29 is 9.47 Å². The molecule has 4 atom stereocenters. The molecule has 2 rings (SSSR count). The molecule has 2 aliphatic heterocycles. The van der Waals surface area contributed by atoms with Gasteiger partial charge in [0, 0.05) is 10.5 Å². The lowest BCUT2D eigenvalue weighted by atomic mass is 10.3. The maximum atomic E-state index is 5.21. The van der Waals surface area contributed by atoms with Gasteiger partial charge in [-0.3, -0.25) is 0 Å². The maximum Gasteiger partial charge on any atom is 0.0925 e. The van der Waals surface area contributed by atoms with Crippen LogP contribution in [0.3, 0.4) is 0 Å². The zero-order valence-corrected chi connectivity index (χ0v) is 7.76. The van der Waals surface area contributed by atoms with Crippen molar-refractivity contribution in [3.63, 3.8) is 0 Å². The molecule has 2 heterocycles. The van der Waals surface area contributed by atoms with Crippen molar-refractivity contribution in [1.29, 1.82) is 0 Å². The minimum atomic E-state index is 0.529. The number of hydrogen-bond donors (Lipinski definition) is 0. The Kier molecular flexibility index (Phi) is 2.12. The molecule has 2 aliphatic rings. The van der Waals surface area contributed by atoms with E-state index in [1.807, 2.05) is 11.8 Å². The first-order chi connectivity index (χ1) is 5.27. The lowest BCUT2D eigenvalue weighted by Crippen LogP contribution is -2.14. The van der Waals surface area contributed by atoms with Crippen molar-refractivity contribution in [2.45, 2.75) is 36.6 Å². The van der Waals surface area contributed by atoms with Gasteiger partial charge < -0.3 is 9.47 Å². The first kappa shape index (κ1) is 7.90. The highest BCUT2D eigenvalue weighted by molar-refractivity contribution is 8.00. The predicted molar refractivity (Wildman–Crippen MR) is 46.0 cm³/mol. The summed E-state index contributed by atoms with van der Waals surface area (Å²) in [7, 11) is 0. The van der Waals surface area contributed by atoms with Gasteiger partial charge in [-0.1, -0.05) is 13.8 Å². The first-order valence-corrected chi connectivity index (χ1v) is 5.10. The zero-order valence-electron chi connectivity index (χ0n) is 6.95. The van der Waals surface area contributed by atoms with Crippen LogP contribution in [0, 0.1) is 0 Å². The Morgan fingerprint density at radius 2 is 1.45 bits per heavy atom. The third-order valence-electron chi connectivity index (χ3n) is 2.19. The molecule has 0 bridgehead atoms. The normalized spacial score (nSPS) is 39.8. The van der Waals surface area contributed by atoms with Crippen molar-refractivity contribution >= 4 is 11.8 Å². The summed E-state index contributed by atoms with van der Waals surface area (Å²) in [6.45, 7) is 6.40. The van der Waals surface area contributed by atoms with E-state index < -0.39 is 0 Å². The van der Waals surface area contributed by atoms with E-state index in [0.717, 1.165) is 13.2 Å². The molecule has 0 aromatic rings. The maximum absolute atomic E-state index is 5.21. The molecule has 0 aliphatic carbocycles. The molecular weight excluding hydrogens is 160 g/mol. The van der Waals surface area contributed by atoms with Gasteiger partial charge in [0.1, 0.15) is 0 Å². The van der Waals surface area contributed by atoms with Crippen LogP contribution in [-0.2, 0) is 9.47 Å². The fourth-order valence-corrected chi connectivity index (χ4v) is 2.51. The van der Waals surface area contributed by atoms with Crippen LogP contribution in [-0.4, -0.2) is 35.9 Å². The van der Waals surface area contributed by atoms with E-state index >= 15 is 0 Å². The second-order valence-electron chi connectivity index (χ2n) is 3.29. The van der Waals surface area contributed by atoms with Gasteiger partial charge >= 0.3 is 0 Å². The lowest BCUT2D eigenvalue weighted by Gasteiger charge is -2.12. The van der Waals surface area contributed by atoms with Gasteiger partial charge in [0.25, 0.3) is 0 Å². The summed E-state index contributed by atoms with van der Waals surface area (Å²) in [6.07, 6.45) is 1.06. The van der Waals surface area contributed by atoms with Crippen LogP contribution in [0.15, 0.2) is 0 Å². The third kappa shape index (κ3) is 2.10. The molecule has 4 unspecified atom stereocenters. The van der Waals surface area contributed by atoms with Crippen LogP contribution in [0.25, 0.3) is 0 Å². The van der Waals surface area contributed by atoms with Crippen LogP contribution in [0.2, 0.25) is 0 Å². The molecule has 2 saturated heterocycles. The summed E-state index contributed by atoms with van der Waals surface area (Å²) in [5.41, 5.74) is 0. The number of ether oxygens (including phenoxy) is 2. The summed E-state index contributed by atoms with van der Waals surface area (Å²) < 4.78 is 10.4. The molecule has 0 amide bonds. The number of hydrogen-bond acceptors (Lipinski definition) is 3. The summed E-state index contributed by atoms with van der Waals surface area (Å²) in [5.74, 6) is 0. The fourth-order valence-electron chi connectivity index (χ4n) is 1.17. The van der Waals surface area contributed by atoms with E-state index in [4.69, 9.17) is 9.47 Å². The fraction of sp³-hybridized carbons (Fsp3) is 1.00. The highest BCUT2D eigenvalue weighted by atomic mass is 32.2. The van der Waals surface area contributed by atoms with Gasteiger partial charge in [-0.2, -0.15) is 11.8 Å². The Balaban J connectivity index is 1.69. The number of rotatable bonds is 4. The zero-order chi connectivity index (χ0) is 7.84. The van der Waals surface area contributed by atoms with Gasteiger partial charge in [-0.05, 0) is 0 Å². The monoisotopic (exact) mass is 174 g/mol. The molecule has 0 aromatic carbocycles. The van der Waals surface area contributed by atoms with E-state index in [0.29, 0.717) is 22.7 Å². The second kappa shape index (κ2) is 2.96. The summed E-state index contributed by atoms with van der Waals surface area (Å²) in [6, 6.07) is 0. The molecule has 0 N–H and O–H groups in total. The van der Waals surface area contributed by atoms with Crippen molar-refractivity contribution in [1.82, 2.24) is 0 Å². The van der Waals surface area contributed by atoms with E-state index in [1.54, 1.807) is 0 Å². The molecule has 11 heavy (non-hydrogen) atoms. The number of thioether (sulfide) groups is 1. The van der Waals surface area contributed by atoms with Crippen LogP contribution in [0.5, 0.6) is 0 Å². The average Bonchev–Trinajstić information content (AvgIpc) is 2.84. The molecule has 0 radical (unpaired) electrons. The van der Waals surface area contributed by atoms with Crippen LogP contribution in [0.1, 0.15) is 13.8 Å².